The summed E-state index contributed by atoms with van der Waals surface area (Å²) in [6.07, 6.45) is 5.56. The van der Waals surface area contributed by atoms with E-state index in [0.717, 1.165) is 11.8 Å². The molecule has 2 saturated carbocycles. The van der Waals surface area contributed by atoms with Gasteiger partial charge in [-0.25, -0.2) is 0 Å². The van der Waals surface area contributed by atoms with Gasteiger partial charge in [0.05, 0.1) is 0 Å². The van der Waals surface area contributed by atoms with Gasteiger partial charge < -0.3 is 5.73 Å². The van der Waals surface area contributed by atoms with Crippen LogP contribution in [0.3, 0.4) is 0 Å². The van der Waals surface area contributed by atoms with Crippen molar-refractivity contribution in [3.63, 3.8) is 0 Å². The molecule has 3 nitrogen and oxygen atoms in total. The van der Waals surface area contributed by atoms with E-state index in [-0.39, 0.29) is 0 Å². The molecule has 76 valence electrons. The minimum atomic E-state index is 0.679. The Morgan fingerprint density at radius 2 is 2.14 bits per heavy atom. The molecule has 3 N–H and O–H groups in total. The van der Waals surface area contributed by atoms with Gasteiger partial charge in [0, 0.05) is 17.2 Å². The minimum absolute atomic E-state index is 0.679. The zero-order chi connectivity index (χ0) is 9.71. The molecule has 1 aromatic rings. The summed E-state index contributed by atoms with van der Waals surface area (Å²) in [5.41, 5.74) is 8.22. The molecule has 2 fully saturated rings. The zero-order valence-corrected chi connectivity index (χ0v) is 8.59. The van der Waals surface area contributed by atoms with Crippen LogP contribution in [0.25, 0.3) is 0 Å². The lowest BCUT2D eigenvalue weighted by Crippen LogP contribution is -2.08. The highest BCUT2D eigenvalue weighted by Crippen LogP contribution is 2.54. The molecule has 0 radical (unpaired) electrons. The van der Waals surface area contributed by atoms with Gasteiger partial charge in [0.1, 0.15) is 5.82 Å². The third kappa shape index (κ3) is 1.15. The Kier molecular flexibility index (Phi) is 1.64. The van der Waals surface area contributed by atoms with Crippen LogP contribution in [0.1, 0.15) is 42.9 Å². The van der Waals surface area contributed by atoms with E-state index in [4.69, 9.17) is 5.73 Å². The first-order valence-electron chi connectivity index (χ1n) is 5.56. The molecule has 0 aliphatic heterocycles. The van der Waals surface area contributed by atoms with Gasteiger partial charge in [0.15, 0.2) is 0 Å². The number of nitrogens with zero attached hydrogens (tertiary/aromatic N) is 1. The van der Waals surface area contributed by atoms with Crippen LogP contribution in [-0.4, -0.2) is 10.2 Å². The topological polar surface area (TPSA) is 54.7 Å². The van der Waals surface area contributed by atoms with Crippen LogP contribution in [0.5, 0.6) is 0 Å². The molecule has 14 heavy (non-hydrogen) atoms. The molecule has 0 saturated heterocycles. The van der Waals surface area contributed by atoms with E-state index in [0.29, 0.717) is 11.7 Å². The fraction of sp³-hybridized carbons (Fsp3) is 0.727. The molecule has 3 rings (SSSR count). The van der Waals surface area contributed by atoms with Crippen molar-refractivity contribution in [2.75, 3.05) is 5.73 Å². The van der Waals surface area contributed by atoms with E-state index in [2.05, 4.69) is 17.1 Å². The van der Waals surface area contributed by atoms with E-state index in [9.17, 15) is 0 Å². The summed E-state index contributed by atoms with van der Waals surface area (Å²) in [7, 11) is 0. The van der Waals surface area contributed by atoms with Crippen LogP contribution < -0.4 is 5.73 Å². The maximum absolute atomic E-state index is 5.75. The third-order valence-electron chi connectivity index (χ3n) is 4.04. The van der Waals surface area contributed by atoms with Crippen molar-refractivity contribution < 1.29 is 0 Å². The molecule has 1 unspecified atom stereocenters. The van der Waals surface area contributed by atoms with Crippen molar-refractivity contribution in [3.05, 3.63) is 11.3 Å². The van der Waals surface area contributed by atoms with Crippen LogP contribution in [-0.2, 0) is 0 Å². The maximum atomic E-state index is 5.75. The number of hydrogen-bond acceptors (Lipinski definition) is 2. The lowest BCUT2D eigenvalue weighted by molar-refractivity contribution is 0.416. The summed E-state index contributed by atoms with van der Waals surface area (Å²) in [4.78, 5) is 0. The van der Waals surface area contributed by atoms with Crippen LogP contribution in [0, 0.1) is 18.8 Å². The number of rotatable bonds is 1. The molecule has 0 spiro atoms. The van der Waals surface area contributed by atoms with Crippen LogP contribution >= 0.6 is 0 Å². The summed E-state index contributed by atoms with van der Waals surface area (Å²) >= 11 is 0. The van der Waals surface area contributed by atoms with Gasteiger partial charge in [0.25, 0.3) is 0 Å². The summed E-state index contributed by atoms with van der Waals surface area (Å²) in [5.74, 6) is 3.45. The molecular formula is C11H17N3. The van der Waals surface area contributed by atoms with Gasteiger partial charge in [-0.05, 0) is 44.4 Å². The van der Waals surface area contributed by atoms with Gasteiger partial charge in [-0.3, -0.25) is 5.10 Å². The SMILES string of the molecule is Cc1c(N)n[nH]c1C1CC[C@@H]2C[C@@H]2C1. The van der Waals surface area contributed by atoms with E-state index in [1.807, 2.05) is 0 Å². The Labute approximate surface area is 84.1 Å². The molecule has 3 atom stereocenters. The maximum Gasteiger partial charge on any atom is 0.148 e. The summed E-state index contributed by atoms with van der Waals surface area (Å²) in [6.45, 7) is 2.08. The predicted octanol–water partition coefficient (Wildman–Crippen LogP) is 2.20. The highest BCUT2D eigenvalue weighted by atomic mass is 15.2. The molecule has 2 aliphatic carbocycles. The summed E-state index contributed by atoms with van der Waals surface area (Å²) in [6, 6.07) is 0. The molecule has 1 aromatic heterocycles. The number of aromatic nitrogens is 2. The van der Waals surface area contributed by atoms with E-state index >= 15 is 0 Å². The molecule has 0 aromatic carbocycles. The normalized spacial score (nSPS) is 35.4. The van der Waals surface area contributed by atoms with Crippen molar-refractivity contribution in [2.45, 2.75) is 38.5 Å². The van der Waals surface area contributed by atoms with Gasteiger partial charge in [-0.15, -0.1) is 0 Å². The second-order valence-corrected chi connectivity index (χ2v) is 4.91. The number of fused-ring (bicyclic) bond motifs is 1. The third-order valence-corrected chi connectivity index (χ3v) is 4.04. The highest BCUT2D eigenvalue weighted by molar-refractivity contribution is 5.42. The van der Waals surface area contributed by atoms with Gasteiger partial charge in [-0.2, -0.15) is 5.10 Å². The van der Waals surface area contributed by atoms with Crippen LogP contribution in [0.15, 0.2) is 0 Å². The highest BCUT2D eigenvalue weighted by Gasteiger charge is 2.42. The molecule has 1 heterocycles. The Bertz CT molecular complexity index is 355. The molecule has 2 aliphatic rings. The van der Waals surface area contributed by atoms with Crippen molar-refractivity contribution >= 4 is 5.82 Å². The van der Waals surface area contributed by atoms with E-state index in [1.54, 1.807) is 0 Å². The predicted molar refractivity (Wildman–Crippen MR) is 55.9 cm³/mol. The van der Waals surface area contributed by atoms with Gasteiger partial charge in [0.2, 0.25) is 0 Å². The molecular weight excluding hydrogens is 174 g/mol. The van der Waals surface area contributed by atoms with E-state index < -0.39 is 0 Å². The second kappa shape index (κ2) is 2.75. The van der Waals surface area contributed by atoms with Crippen LogP contribution in [0.4, 0.5) is 5.82 Å². The van der Waals surface area contributed by atoms with Gasteiger partial charge >= 0.3 is 0 Å². The van der Waals surface area contributed by atoms with Crippen molar-refractivity contribution in [3.8, 4) is 0 Å². The van der Waals surface area contributed by atoms with E-state index in [1.165, 1.54) is 36.9 Å². The Morgan fingerprint density at radius 1 is 1.29 bits per heavy atom. The molecule has 0 bridgehead atoms. The van der Waals surface area contributed by atoms with Crippen molar-refractivity contribution in [1.82, 2.24) is 10.2 Å². The monoisotopic (exact) mass is 191 g/mol. The number of nitrogens with one attached hydrogen (secondary N) is 1. The average molecular weight is 191 g/mol. The molecule has 3 heteroatoms. The lowest BCUT2D eigenvalue weighted by Gasteiger charge is -2.20. The second-order valence-electron chi connectivity index (χ2n) is 4.91. The minimum Gasteiger partial charge on any atom is -0.382 e. The number of nitrogens with two attached hydrogens (primary N) is 1. The number of hydrogen-bond donors (Lipinski definition) is 2. The Hall–Kier alpha value is -0.990. The summed E-state index contributed by atoms with van der Waals surface area (Å²) in [5, 5.41) is 7.19. The standard InChI is InChI=1S/C11H17N3/c1-6-10(13-14-11(6)12)8-3-2-7-4-9(7)5-8/h7-9H,2-5H2,1H3,(H3,12,13,14)/t7-,8?,9-/m1/s1. The largest absolute Gasteiger partial charge is 0.382 e. The number of anilines is 1. The lowest BCUT2D eigenvalue weighted by atomic mass is 9.86. The number of H-pyrrole nitrogens is 1. The first-order valence-corrected chi connectivity index (χ1v) is 5.56. The van der Waals surface area contributed by atoms with Crippen molar-refractivity contribution in [2.24, 2.45) is 11.8 Å². The quantitative estimate of drug-likeness (QED) is 0.715. The first kappa shape index (κ1) is 8.33. The fourth-order valence-corrected chi connectivity index (χ4v) is 2.94. The number of nitrogen functional groups attached to an aromatic ring is 1. The summed E-state index contributed by atoms with van der Waals surface area (Å²) < 4.78 is 0. The fourth-order valence-electron chi connectivity index (χ4n) is 2.94. The average Bonchev–Trinajstić information content (AvgIpc) is 2.88. The number of aromatic amines is 1. The zero-order valence-electron chi connectivity index (χ0n) is 8.59. The van der Waals surface area contributed by atoms with Crippen LogP contribution in [0.2, 0.25) is 0 Å². The van der Waals surface area contributed by atoms with Crippen molar-refractivity contribution in [1.29, 1.82) is 0 Å². The van der Waals surface area contributed by atoms with Gasteiger partial charge in [-0.1, -0.05) is 0 Å². The first-order chi connectivity index (χ1) is 6.75. The molecule has 0 amide bonds. The Balaban J connectivity index is 1.84. The smallest absolute Gasteiger partial charge is 0.148 e. The Morgan fingerprint density at radius 3 is 2.79 bits per heavy atom.